The zero-order chi connectivity index (χ0) is 28.1. The van der Waals surface area contributed by atoms with E-state index in [1.54, 1.807) is 12.1 Å². The van der Waals surface area contributed by atoms with E-state index in [0.717, 1.165) is 5.56 Å². The van der Waals surface area contributed by atoms with Crippen molar-refractivity contribution >= 4 is 17.6 Å². The molecule has 1 aliphatic carbocycles. The Balaban J connectivity index is 1.87. The number of nitrogens with one attached hydrogen (secondary N) is 1. The fraction of sp³-hybridized carbons (Fsp3) is 0.483. The van der Waals surface area contributed by atoms with Crippen molar-refractivity contribution in [1.82, 2.24) is 10.2 Å². The number of carbonyl (C=O) groups excluding carboxylic acids is 3. The Morgan fingerprint density at radius 3 is 2.11 bits per heavy atom. The third kappa shape index (κ3) is 6.51. The molecule has 2 aromatic rings. The van der Waals surface area contributed by atoms with Gasteiger partial charge in [-0.1, -0.05) is 30.3 Å². The lowest BCUT2D eigenvalue weighted by Gasteiger charge is -2.49. The fourth-order valence-electron chi connectivity index (χ4n) is 5.01. The van der Waals surface area contributed by atoms with Crippen molar-refractivity contribution in [1.29, 1.82) is 0 Å². The van der Waals surface area contributed by atoms with Gasteiger partial charge >= 0.3 is 6.03 Å². The van der Waals surface area contributed by atoms with E-state index >= 15 is 0 Å². The second kappa shape index (κ2) is 11.9. The molecule has 3 rings (SSSR count). The standard InChI is InChI=1S/C29H37FN2O6/c1-19(23-14-24(36-5)26(20(2)33)25(15-23)37-6)32(12-13-38-16-22-10-8-7-9-11-22)27(35)31-29(21(3)34)17-28(4,30)18-29/h7-11,14-15,19H,12-13,16-18H2,1-6H3,(H,31,35). The summed E-state index contributed by atoms with van der Waals surface area (Å²) in [5.41, 5.74) is -0.810. The number of nitrogens with zero attached hydrogens (tertiary/aromatic N) is 1. The maximum atomic E-state index is 14.4. The average molecular weight is 529 g/mol. The van der Waals surface area contributed by atoms with Crippen LogP contribution in [0.25, 0.3) is 0 Å². The molecule has 2 aromatic carbocycles. The Morgan fingerprint density at radius 2 is 1.63 bits per heavy atom. The van der Waals surface area contributed by atoms with Crippen LogP contribution in [0.15, 0.2) is 42.5 Å². The number of urea groups is 1. The van der Waals surface area contributed by atoms with Gasteiger partial charge in [0, 0.05) is 19.4 Å². The summed E-state index contributed by atoms with van der Waals surface area (Å²) in [5, 5.41) is 2.81. The summed E-state index contributed by atoms with van der Waals surface area (Å²) in [6.45, 7) is 6.82. The first-order chi connectivity index (χ1) is 17.9. The molecule has 9 heteroatoms. The normalized spacial score (nSPS) is 21.1. The van der Waals surface area contributed by atoms with Crippen LogP contribution < -0.4 is 14.8 Å². The van der Waals surface area contributed by atoms with Gasteiger partial charge in [-0.05, 0) is 51.0 Å². The first-order valence-electron chi connectivity index (χ1n) is 12.6. The highest BCUT2D eigenvalue weighted by atomic mass is 19.1. The molecule has 1 unspecified atom stereocenters. The monoisotopic (exact) mass is 528 g/mol. The molecule has 1 atom stereocenters. The van der Waals surface area contributed by atoms with Gasteiger partial charge in [-0.2, -0.15) is 0 Å². The van der Waals surface area contributed by atoms with E-state index < -0.39 is 23.3 Å². The number of hydrogen-bond acceptors (Lipinski definition) is 6. The lowest BCUT2D eigenvalue weighted by Crippen LogP contribution is -2.68. The Hall–Kier alpha value is -3.46. The fourth-order valence-corrected chi connectivity index (χ4v) is 5.01. The molecule has 1 saturated carbocycles. The molecule has 0 heterocycles. The summed E-state index contributed by atoms with van der Waals surface area (Å²) in [6.07, 6.45) is -0.161. The Labute approximate surface area is 223 Å². The Kier molecular flexibility index (Phi) is 9.14. The second-order valence-electron chi connectivity index (χ2n) is 10.1. The van der Waals surface area contributed by atoms with E-state index in [9.17, 15) is 18.8 Å². The van der Waals surface area contributed by atoms with E-state index in [4.69, 9.17) is 14.2 Å². The van der Waals surface area contributed by atoms with Crippen LogP contribution in [-0.4, -0.2) is 61.1 Å². The van der Waals surface area contributed by atoms with Gasteiger partial charge in [0.2, 0.25) is 0 Å². The number of amides is 2. The number of rotatable bonds is 12. The van der Waals surface area contributed by atoms with Crippen molar-refractivity contribution in [3.8, 4) is 11.5 Å². The van der Waals surface area contributed by atoms with Crippen LogP contribution in [-0.2, 0) is 16.1 Å². The molecule has 0 bridgehead atoms. The number of Topliss-reactive ketones (excluding diaryl/α,β-unsaturated/α-hetero) is 2. The van der Waals surface area contributed by atoms with E-state index in [0.29, 0.717) is 29.2 Å². The van der Waals surface area contributed by atoms with Crippen molar-refractivity contribution in [2.24, 2.45) is 0 Å². The minimum Gasteiger partial charge on any atom is -0.496 e. The molecule has 1 N–H and O–H groups in total. The van der Waals surface area contributed by atoms with E-state index in [1.807, 2.05) is 37.3 Å². The number of halogens is 1. The molecule has 1 fully saturated rings. The van der Waals surface area contributed by atoms with Gasteiger partial charge in [-0.15, -0.1) is 0 Å². The number of ketones is 2. The zero-order valence-corrected chi connectivity index (χ0v) is 22.9. The number of carbonyl (C=O) groups is 3. The minimum absolute atomic E-state index is 0.0806. The predicted molar refractivity (Wildman–Crippen MR) is 141 cm³/mol. The maximum absolute atomic E-state index is 14.4. The highest BCUT2D eigenvalue weighted by Gasteiger charge is 2.57. The Morgan fingerprint density at radius 1 is 1.05 bits per heavy atom. The van der Waals surface area contributed by atoms with Gasteiger partial charge in [-0.25, -0.2) is 9.18 Å². The van der Waals surface area contributed by atoms with Gasteiger partial charge < -0.3 is 24.4 Å². The van der Waals surface area contributed by atoms with E-state index in [-0.39, 0.29) is 37.6 Å². The van der Waals surface area contributed by atoms with Crippen molar-refractivity contribution in [2.75, 3.05) is 27.4 Å². The summed E-state index contributed by atoms with van der Waals surface area (Å²) in [7, 11) is 2.91. The number of alkyl halides is 1. The largest absolute Gasteiger partial charge is 0.496 e. The molecule has 38 heavy (non-hydrogen) atoms. The number of methoxy groups -OCH3 is 2. The second-order valence-corrected chi connectivity index (χ2v) is 10.1. The highest BCUT2D eigenvalue weighted by Crippen LogP contribution is 2.45. The van der Waals surface area contributed by atoms with Gasteiger partial charge in [0.1, 0.15) is 28.3 Å². The van der Waals surface area contributed by atoms with Gasteiger partial charge in [-0.3, -0.25) is 9.59 Å². The van der Waals surface area contributed by atoms with Crippen LogP contribution in [0.2, 0.25) is 0 Å². The lowest BCUT2D eigenvalue weighted by atomic mass is 9.65. The SMILES string of the molecule is COc1cc(C(C)N(CCOCc2ccccc2)C(=O)NC2(C(C)=O)CC(C)(F)C2)cc(OC)c1C(C)=O. The zero-order valence-electron chi connectivity index (χ0n) is 22.9. The van der Waals surface area contributed by atoms with Crippen LogP contribution >= 0.6 is 0 Å². The smallest absolute Gasteiger partial charge is 0.318 e. The highest BCUT2D eigenvalue weighted by molar-refractivity contribution is 6.00. The summed E-state index contributed by atoms with van der Waals surface area (Å²) in [5.74, 6) is 0.145. The van der Waals surface area contributed by atoms with Crippen molar-refractivity contribution in [3.63, 3.8) is 0 Å². The predicted octanol–water partition coefficient (Wildman–Crippen LogP) is 5.05. The number of benzene rings is 2. The molecule has 0 saturated heterocycles. The van der Waals surface area contributed by atoms with Crippen molar-refractivity contribution < 1.29 is 33.0 Å². The molecule has 0 aliphatic heterocycles. The van der Waals surface area contributed by atoms with Crippen LogP contribution in [0, 0.1) is 0 Å². The van der Waals surface area contributed by atoms with Crippen molar-refractivity contribution in [3.05, 3.63) is 59.2 Å². The third-order valence-corrected chi connectivity index (χ3v) is 7.04. The summed E-state index contributed by atoms with van der Waals surface area (Å²) in [6, 6.07) is 12.0. The molecular formula is C29H37FN2O6. The Bertz CT molecular complexity index is 1130. The number of hydrogen-bond donors (Lipinski definition) is 1. The van der Waals surface area contributed by atoms with Crippen LogP contribution in [0.4, 0.5) is 9.18 Å². The minimum atomic E-state index is -1.52. The average Bonchev–Trinajstić information content (AvgIpc) is 2.86. The first-order valence-corrected chi connectivity index (χ1v) is 12.6. The maximum Gasteiger partial charge on any atom is 0.318 e. The van der Waals surface area contributed by atoms with E-state index in [1.165, 1.54) is 39.9 Å². The summed E-state index contributed by atoms with van der Waals surface area (Å²) < 4.78 is 31.2. The molecular weight excluding hydrogens is 491 g/mol. The van der Waals surface area contributed by atoms with Gasteiger partial charge in [0.05, 0.1) is 33.5 Å². The summed E-state index contributed by atoms with van der Waals surface area (Å²) in [4.78, 5) is 39.8. The summed E-state index contributed by atoms with van der Waals surface area (Å²) >= 11 is 0. The molecule has 2 amide bonds. The van der Waals surface area contributed by atoms with Crippen LogP contribution in [0.5, 0.6) is 11.5 Å². The topological polar surface area (TPSA) is 94.2 Å². The molecule has 0 spiro atoms. The van der Waals surface area contributed by atoms with Gasteiger partial charge in [0.15, 0.2) is 11.6 Å². The first kappa shape index (κ1) is 29.1. The van der Waals surface area contributed by atoms with Crippen molar-refractivity contribution in [2.45, 2.75) is 64.4 Å². The molecule has 206 valence electrons. The van der Waals surface area contributed by atoms with Crippen LogP contribution in [0.1, 0.15) is 68.1 Å². The lowest BCUT2D eigenvalue weighted by molar-refractivity contribution is -0.134. The molecule has 1 aliphatic rings. The molecule has 0 radical (unpaired) electrons. The quantitative estimate of drug-likeness (QED) is 0.306. The number of ether oxygens (including phenoxy) is 3. The molecule has 8 nitrogen and oxygen atoms in total. The molecule has 0 aromatic heterocycles. The van der Waals surface area contributed by atoms with Crippen LogP contribution in [0.3, 0.4) is 0 Å². The third-order valence-electron chi connectivity index (χ3n) is 7.04. The van der Waals surface area contributed by atoms with E-state index in [2.05, 4.69) is 5.32 Å². The van der Waals surface area contributed by atoms with Gasteiger partial charge in [0.25, 0.3) is 0 Å².